The Morgan fingerprint density at radius 1 is 1.04 bits per heavy atom. The van der Waals surface area contributed by atoms with Crippen molar-refractivity contribution in [3.8, 4) is 17.3 Å². The lowest BCUT2D eigenvalue weighted by molar-refractivity contribution is 0.203. The van der Waals surface area contributed by atoms with E-state index in [-0.39, 0.29) is 0 Å². The van der Waals surface area contributed by atoms with Crippen LogP contribution in [0.25, 0.3) is 11.4 Å². The second-order valence-corrected chi connectivity index (χ2v) is 6.35. The lowest BCUT2D eigenvalue weighted by Gasteiger charge is -2.26. The summed E-state index contributed by atoms with van der Waals surface area (Å²) in [6.45, 7) is 6.43. The Kier molecular flexibility index (Phi) is 6.19. The van der Waals surface area contributed by atoms with E-state index in [1.807, 2.05) is 36.4 Å². The highest BCUT2D eigenvalue weighted by Crippen LogP contribution is 2.19. The molecular weight excluding hydrogens is 298 g/mol. The van der Waals surface area contributed by atoms with Crippen LogP contribution in [0, 0.1) is 0 Å². The molecule has 2 heterocycles. The van der Waals surface area contributed by atoms with Gasteiger partial charge in [0.05, 0.1) is 6.61 Å². The molecular formula is C20H27N3O. The topological polar surface area (TPSA) is 38.2 Å². The highest BCUT2D eigenvalue weighted by atomic mass is 16.5. The molecule has 1 aliphatic heterocycles. The van der Waals surface area contributed by atoms with Crippen molar-refractivity contribution in [2.75, 3.05) is 26.2 Å². The molecule has 0 N–H and O–H groups in total. The van der Waals surface area contributed by atoms with Gasteiger partial charge in [0.15, 0.2) is 5.82 Å². The summed E-state index contributed by atoms with van der Waals surface area (Å²) in [7, 11) is 0. The number of nitrogens with zero attached hydrogens (tertiary/aromatic N) is 3. The molecule has 0 aliphatic carbocycles. The molecule has 0 unspecified atom stereocenters. The van der Waals surface area contributed by atoms with E-state index in [1.165, 1.54) is 32.4 Å². The van der Waals surface area contributed by atoms with Crippen molar-refractivity contribution in [1.82, 2.24) is 14.9 Å². The second kappa shape index (κ2) is 8.78. The number of piperidine rings is 1. The fraction of sp³-hybridized carbons (Fsp3) is 0.500. The van der Waals surface area contributed by atoms with Crippen molar-refractivity contribution in [2.45, 2.75) is 39.0 Å². The number of hydrogen-bond donors (Lipinski definition) is 0. The average molecular weight is 325 g/mol. The van der Waals surface area contributed by atoms with Crippen molar-refractivity contribution < 1.29 is 4.74 Å². The predicted octanol–water partition coefficient (Wildman–Crippen LogP) is 3.96. The van der Waals surface area contributed by atoms with Gasteiger partial charge in [0, 0.05) is 23.9 Å². The minimum absolute atomic E-state index is 0.694. The Labute approximate surface area is 144 Å². The zero-order valence-electron chi connectivity index (χ0n) is 14.6. The van der Waals surface area contributed by atoms with Crippen molar-refractivity contribution >= 4 is 0 Å². The van der Waals surface area contributed by atoms with Crippen LogP contribution in [0.1, 0.15) is 38.3 Å². The molecule has 1 aromatic carbocycles. The summed E-state index contributed by atoms with van der Waals surface area (Å²) in [4.78, 5) is 11.8. The maximum absolute atomic E-state index is 5.92. The molecule has 24 heavy (non-hydrogen) atoms. The Bertz CT molecular complexity index is 624. The molecule has 4 heteroatoms. The Morgan fingerprint density at radius 3 is 2.58 bits per heavy atom. The summed E-state index contributed by atoms with van der Waals surface area (Å²) in [5.74, 6) is 1.44. The van der Waals surface area contributed by atoms with Gasteiger partial charge < -0.3 is 9.64 Å². The molecule has 1 saturated heterocycles. The Morgan fingerprint density at radius 2 is 1.83 bits per heavy atom. The van der Waals surface area contributed by atoms with Crippen molar-refractivity contribution in [2.24, 2.45) is 0 Å². The molecule has 0 amide bonds. The van der Waals surface area contributed by atoms with Gasteiger partial charge in [-0.3, -0.25) is 0 Å². The molecule has 1 aromatic heterocycles. The van der Waals surface area contributed by atoms with Gasteiger partial charge in [-0.25, -0.2) is 4.98 Å². The molecule has 1 aliphatic rings. The first-order valence-corrected chi connectivity index (χ1v) is 9.13. The van der Waals surface area contributed by atoms with Crippen LogP contribution in [0.3, 0.4) is 0 Å². The van der Waals surface area contributed by atoms with Crippen LogP contribution in [-0.4, -0.2) is 41.1 Å². The molecule has 0 atom stereocenters. The molecule has 0 bridgehead atoms. The van der Waals surface area contributed by atoms with Crippen molar-refractivity contribution in [1.29, 1.82) is 0 Å². The number of rotatable bonds is 7. The van der Waals surface area contributed by atoms with Crippen molar-refractivity contribution in [3.05, 3.63) is 42.1 Å². The summed E-state index contributed by atoms with van der Waals surface area (Å²) in [5.41, 5.74) is 2.06. The van der Waals surface area contributed by atoms with Gasteiger partial charge in [-0.05, 0) is 38.8 Å². The molecule has 2 aromatic rings. The van der Waals surface area contributed by atoms with E-state index in [0.717, 1.165) is 36.5 Å². The summed E-state index contributed by atoms with van der Waals surface area (Å²) < 4.78 is 5.92. The maximum Gasteiger partial charge on any atom is 0.217 e. The van der Waals surface area contributed by atoms with Crippen LogP contribution < -0.4 is 4.74 Å². The summed E-state index contributed by atoms with van der Waals surface area (Å²) in [6.07, 6.45) is 5.99. The lowest BCUT2D eigenvalue weighted by Crippen LogP contribution is -2.31. The molecule has 4 nitrogen and oxygen atoms in total. The number of aryl methyl sites for hydroxylation is 1. The van der Waals surface area contributed by atoms with Crippen LogP contribution in [0.4, 0.5) is 0 Å². The number of aromatic nitrogens is 2. The van der Waals surface area contributed by atoms with E-state index in [1.54, 1.807) is 0 Å². The predicted molar refractivity (Wildman–Crippen MR) is 97.2 cm³/mol. The zero-order valence-corrected chi connectivity index (χ0v) is 14.6. The average Bonchev–Trinajstić information content (AvgIpc) is 2.66. The van der Waals surface area contributed by atoms with Gasteiger partial charge in [-0.15, -0.1) is 0 Å². The summed E-state index contributed by atoms with van der Waals surface area (Å²) in [6, 6.07) is 12.1. The first kappa shape index (κ1) is 16.9. The van der Waals surface area contributed by atoms with Crippen LogP contribution >= 0.6 is 0 Å². The minimum atomic E-state index is 0.694. The third kappa shape index (κ3) is 4.78. The van der Waals surface area contributed by atoms with Gasteiger partial charge >= 0.3 is 0 Å². The third-order valence-electron chi connectivity index (χ3n) is 4.47. The first-order chi connectivity index (χ1) is 11.8. The second-order valence-electron chi connectivity index (χ2n) is 6.35. The van der Waals surface area contributed by atoms with E-state index in [9.17, 15) is 0 Å². The number of likely N-dealkylation sites (tertiary alicyclic amines) is 1. The van der Waals surface area contributed by atoms with E-state index in [2.05, 4.69) is 21.8 Å². The van der Waals surface area contributed by atoms with Gasteiger partial charge in [-0.2, -0.15) is 4.98 Å². The van der Waals surface area contributed by atoms with Crippen LogP contribution in [0.15, 0.2) is 36.4 Å². The number of ether oxygens (including phenoxy) is 1. The molecule has 128 valence electrons. The van der Waals surface area contributed by atoms with Crippen LogP contribution in [0.5, 0.6) is 5.88 Å². The molecule has 3 rings (SSSR count). The van der Waals surface area contributed by atoms with E-state index in [4.69, 9.17) is 4.74 Å². The fourth-order valence-electron chi connectivity index (χ4n) is 3.09. The van der Waals surface area contributed by atoms with E-state index in [0.29, 0.717) is 12.5 Å². The minimum Gasteiger partial charge on any atom is -0.478 e. The highest BCUT2D eigenvalue weighted by molar-refractivity contribution is 5.55. The van der Waals surface area contributed by atoms with Gasteiger partial charge in [0.1, 0.15) is 0 Å². The highest BCUT2D eigenvalue weighted by Gasteiger charge is 2.10. The monoisotopic (exact) mass is 325 g/mol. The summed E-state index contributed by atoms with van der Waals surface area (Å²) in [5, 5.41) is 0. The third-order valence-corrected chi connectivity index (χ3v) is 4.47. The number of hydrogen-bond acceptors (Lipinski definition) is 4. The smallest absolute Gasteiger partial charge is 0.217 e. The van der Waals surface area contributed by atoms with Crippen molar-refractivity contribution in [3.63, 3.8) is 0 Å². The Balaban J connectivity index is 1.58. The number of benzene rings is 1. The molecule has 1 fully saturated rings. The standard InChI is InChI=1S/C20H27N3O/c1-2-18-16-19(22-20(21-18)17-10-5-3-6-11-17)24-15-9-14-23-12-7-4-8-13-23/h3,5-6,10-11,16H,2,4,7-9,12-15H2,1H3. The van der Waals surface area contributed by atoms with Gasteiger partial charge in [0.2, 0.25) is 5.88 Å². The van der Waals surface area contributed by atoms with Gasteiger partial charge in [0.25, 0.3) is 0 Å². The first-order valence-electron chi connectivity index (χ1n) is 9.13. The quantitative estimate of drug-likeness (QED) is 0.722. The van der Waals surface area contributed by atoms with Gasteiger partial charge in [-0.1, -0.05) is 43.7 Å². The molecule has 0 saturated carbocycles. The Hall–Kier alpha value is -1.94. The van der Waals surface area contributed by atoms with Crippen LogP contribution in [0.2, 0.25) is 0 Å². The maximum atomic E-state index is 5.92. The largest absolute Gasteiger partial charge is 0.478 e. The van der Waals surface area contributed by atoms with Crippen LogP contribution in [-0.2, 0) is 6.42 Å². The fourth-order valence-corrected chi connectivity index (χ4v) is 3.09. The molecule has 0 radical (unpaired) electrons. The molecule has 0 spiro atoms. The summed E-state index contributed by atoms with van der Waals surface area (Å²) >= 11 is 0. The SMILES string of the molecule is CCc1cc(OCCCN2CCCCC2)nc(-c2ccccc2)n1. The zero-order chi connectivity index (χ0) is 16.6. The normalized spacial score (nSPS) is 15.4. The lowest BCUT2D eigenvalue weighted by atomic mass is 10.1. The van der Waals surface area contributed by atoms with E-state index < -0.39 is 0 Å². The van der Waals surface area contributed by atoms with E-state index >= 15 is 0 Å².